The molecule has 7 nitrogen and oxygen atoms in total. The number of rotatable bonds is 9. The highest BCUT2D eigenvalue weighted by atomic mass is 32.1. The van der Waals surface area contributed by atoms with Crippen molar-refractivity contribution in [3.63, 3.8) is 0 Å². The highest BCUT2D eigenvalue weighted by Gasteiger charge is 2.12. The number of hydrogen-bond acceptors (Lipinski definition) is 7. The monoisotopic (exact) mass is 434 g/mol. The molecule has 0 atom stereocenters. The second-order valence-electron chi connectivity index (χ2n) is 6.56. The molecule has 0 saturated carbocycles. The van der Waals surface area contributed by atoms with Gasteiger partial charge in [-0.1, -0.05) is 48.1 Å². The van der Waals surface area contributed by atoms with Gasteiger partial charge in [-0.15, -0.1) is 10.2 Å². The van der Waals surface area contributed by atoms with Crippen molar-refractivity contribution in [2.75, 3.05) is 18.5 Å². The van der Waals surface area contributed by atoms with E-state index in [9.17, 15) is 10.1 Å². The lowest BCUT2D eigenvalue weighted by molar-refractivity contribution is -0.112. The fourth-order valence-electron chi connectivity index (χ4n) is 2.57. The summed E-state index contributed by atoms with van der Waals surface area (Å²) in [6, 6.07) is 16.9. The van der Waals surface area contributed by atoms with Crippen molar-refractivity contribution in [3.8, 4) is 17.6 Å². The fourth-order valence-corrected chi connectivity index (χ4v) is 3.25. The first-order valence-electron chi connectivity index (χ1n) is 9.75. The third-order valence-electron chi connectivity index (χ3n) is 4.17. The van der Waals surface area contributed by atoms with E-state index in [4.69, 9.17) is 9.47 Å². The zero-order valence-electron chi connectivity index (χ0n) is 17.3. The Kier molecular flexibility index (Phi) is 7.73. The van der Waals surface area contributed by atoms with Crippen molar-refractivity contribution < 1.29 is 14.3 Å². The van der Waals surface area contributed by atoms with Gasteiger partial charge >= 0.3 is 0 Å². The molecule has 2 aromatic carbocycles. The van der Waals surface area contributed by atoms with E-state index in [0.717, 1.165) is 17.2 Å². The van der Waals surface area contributed by atoms with Gasteiger partial charge in [0.1, 0.15) is 41.4 Å². The molecular weight excluding hydrogens is 412 g/mol. The molecule has 0 saturated heterocycles. The smallest absolute Gasteiger partial charge is 0.268 e. The average molecular weight is 435 g/mol. The maximum absolute atomic E-state index is 12.4. The molecular formula is C23H22N4O3S. The number of ether oxygens (including phenoxy) is 2. The van der Waals surface area contributed by atoms with Gasteiger partial charge in [-0.2, -0.15) is 5.26 Å². The summed E-state index contributed by atoms with van der Waals surface area (Å²) in [5.74, 6) is 0.881. The van der Waals surface area contributed by atoms with E-state index in [-0.39, 0.29) is 5.57 Å². The Hall–Kier alpha value is -3.70. The number of nitrogens with one attached hydrogen (secondary N) is 1. The number of carbonyl (C=O) groups excluding carboxylic acids is 1. The largest absolute Gasteiger partial charge is 0.490 e. The second-order valence-corrected chi connectivity index (χ2v) is 7.62. The first-order chi connectivity index (χ1) is 15.1. The number of nitrogens with zero attached hydrogens (tertiary/aromatic N) is 3. The van der Waals surface area contributed by atoms with Crippen molar-refractivity contribution in [3.05, 3.63) is 70.2 Å². The van der Waals surface area contributed by atoms with Crippen molar-refractivity contribution >= 4 is 28.5 Å². The summed E-state index contributed by atoms with van der Waals surface area (Å²) in [4.78, 5) is 12.4. The van der Waals surface area contributed by atoms with Crippen LogP contribution in [0.2, 0.25) is 0 Å². The normalized spacial score (nSPS) is 10.9. The SMILES string of the molecule is CCc1nnc(NC(=O)/C(C#N)=C\c2cccc(OCCOc3ccc(C)cc3)c2)s1. The Morgan fingerprint density at radius 2 is 1.87 bits per heavy atom. The number of amides is 1. The molecule has 31 heavy (non-hydrogen) atoms. The summed E-state index contributed by atoms with van der Waals surface area (Å²) in [6.07, 6.45) is 2.24. The molecule has 158 valence electrons. The number of hydrogen-bond donors (Lipinski definition) is 1. The summed E-state index contributed by atoms with van der Waals surface area (Å²) < 4.78 is 11.4. The van der Waals surface area contributed by atoms with Crippen molar-refractivity contribution in [1.29, 1.82) is 5.26 Å². The van der Waals surface area contributed by atoms with Gasteiger partial charge in [0.2, 0.25) is 5.13 Å². The molecule has 1 heterocycles. The Morgan fingerprint density at radius 3 is 2.55 bits per heavy atom. The van der Waals surface area contributed by atoms with Gasteiger partial charge in [0.05, 0.1) is 0 Å². The molecule has 0 spiro atoms. The number of benzene rings is 2. The van der Waals surface area contributed by atoms with E-state index in [1.54, 1.807) is 18.2 Å². The quantitative estimate of drug-likeness (QED) is 0.304. The third-order valence-corrected chi connectivity index (χ3v) is 5.15. The van der Waals surface area contributed by atoms with E-state index in [1.807, 2.05) is 50.2 Å². The number of aromatic nitrogens is 2. The molecule has 0 radical (unpaired) electrons. The first-order valence-corrected chi connectivity index (χ1v) is 10.6. The zero-order valence-corrected chi connectivity index (χ0v) is 18.1. The standard InChI is InChI=1S/C23H22N4O3S/c1-3-21-26-27-23(31-21)25-22(28)18(15-24)13-17-5-4-6-20(14-17)30-12-11-29-19-9-7-16(2)8-10-19/h4-10,13-14H,3,11-12H2,1-2H3,(H,25,27,28)/b18-13-. The Bertz CT molecular complexity index is 1100. The lowest BCUT2D eigenvalue weighted by Gasteiger charge is -2.09. The van der Waals surface area contributed by atoms with Gasteiger partial charge in [-0.05, 0) is 49.2 Å². The summed E-state index contributed by atoms with van der Waals surface area (Å²) in [5.41, 5.74) is 1.82. The Morgan fingerprint density at radius 1 is 1.13 bits per heavy atom. The molecule has 1 amide bonds. The van der Waals surface area contributed by atoms with Crippen LogP contribution in [0.15, 0.2) is 54.1 Å². The third kappa shape index (κ3) is 6.66. The molecule has 0 aliphatic rings. The van der Waals surface area contributed by atoms with Gasteiger partial charge < -0.3 is 9.47 Å². The van der Waals surface area contributed by atoms with Crippen LogP contribution < -0.4 is 14.8 Å². The lowest BCUT2D eigenvalue weighted by atomic mass is 10.1. The Balaban J connectivity index is 1.57. The van der Waals surface area contributed by atoms with E-state index >= 15 is 0 Å². The van der Waals surface area contributed by atoms with Crippen LogP contribution in [0.3, 0.4) is 0 Å². The molecule has 0 bridgehead atoms. The van der Waals surface area contributed by atoms with Crippen LogP contribution in [0, 0.1) is 18.3 Å². The predicted octanol–water partition coefficient (Wildman–Crippen LogP) is 4.41. The minimum Gasteiger partial charge on any atom is -0.490 e. The maximum atomic E-state index is 12.4. The number of carbonyl (C=O) groups is 1. The van der Waals surface area contributed by atoms with Crippen molar-refractivity contribution in [2.45, 2.75) is 20.3 Å². The molecule has 0 fully saturated rings. The second kappa shape index (κ2) is 10.9. The molecule has 3 rings (SSSR count). The lowest BCUT2D eigenvalue weighted by Crippen LogP contribution is -2.13. The van der Waals surface area contributed by atoms with E-state index < -0.39 is 5.91 Å². The topological polar surface area (TPSA) is 97.1 Å². The highest BCUT2D eigenvalue weighted by Crippen LogP contribution is 2.19. The van der Waals surface area contributed by atoms with Crippen LogP contribution in [0.25, 0.3) is 6.08 Å². The van der Waals surface area contributed by atoms with Crippen LogP contribution in [0.1, 0.15) is 23.1 Å². The van der Waals surface area contributed by atoms with Gasteiger partial charge in [0.25, 0.3) is 5.91 Å². The summed E-state index contributed by atoms with van der Waals surface area (Å²) in [7, 11) is 0. The minimum atomic E-state index is -0.529. The zero-order chi connectivity index (χ0) is 22.1. The predicted molar refractivity (Wildman–Crippen MR) is 120 cm³/mol. The molecule has 1 N–H and O–H groups in total. The van der Waals surface area contributed by atoms with Crippen LogP contribution in [0.4, 0.5) is 5.13 Å². The number of aryl methyl sites for hydroxylation is 2. The number of nitriles is 1. The summed E-state index contributed by atoms with van der Waals surface area (Å²) in [5, 5.41) is 21.0. The molecule has 0 unspecified atom stereocenters. The highest BCUT2D eigenvalue weighted by molar-refractivity contribution is 7.15. The minimum absolute atomic E-state index is 0.0342. The first kappa shape index (κ1) is 22.0. The van der Waals surface area contributed by atoms with Gasteiger partial charge in [-0.3, -0.25) is 10.1 Å². The van der Waals surface area contributed by atoms with Crippen LogP contribution >= 0.6 is 11.3 Å². The van der Waals surface area contributed by atoms with Gasteiger partial charge in [-0.25, -0.2) is 0 Å². The summed E-state index contributed by atoms with van der Waals surface area (Å²) in [6.45, 7) is 4.74. The Labute approximate surface area is 185 Å². The molecule has 0 aliphatic heterocycles. The summed E-state index contributed by atoms with van der Waals surface area (Å²) >= 11 is 1.29. The van der Waals surface area contributed by atoms with Crippen molar-refractivity contribution in [2.24, 2.45) is 0 Å². The maximum Gasteiger partial charge on any atom is 0.268 e. The van der Waals surface area contributed by atoms with Gasteiger partial charge in [0.15, 0.2) is 0 Å². The van der Waals surface area contributed by atoms with E-state index in [2.05, 4.69) is 15.5 Å². The molecule has 8 heteroatoms. The average Bonchev–Trinajstić information content (AvgIpc) is 3.24. The van der Waals surface area contributed by atoms with Crippen molar-refractivity contribution in [1.82, 2.24) is 10.2 Å². The molecule has 0 aliphatic carbocycles. The van der Waals surface area contributed by atoms with E-state index in [0.29, 0.717) is 29.7 Å². The van der Waals surface area contributed by atoms with Crippen LogP contribution in [-0.4, -0.2) is 29.3 Å². The van der Waals surface area contributed by atoms with E-state index in [1.165, 1.54) is 23.0 Å². The van der Waals surface area contributed by atoms with Gasteiger partial charge in [0, 0.05) is 0 Å². The fraction of sp³-hybridized carbons (Fsp3) is 0.217. The number of anilines is 1. The molecule has 3 aromatic rings. The van der Waals surface area contributed by atoms with Crippen LogP contribution in [0.5, 0.6) is 11.5 Å². The van der Waals surface area contributed by atoms with Crippen LogP contribution in [-0.2, 0) is 11.2 Å². The molecule has 1 aromatic heterocycles.